The van der Waals surface area contributed by atoms with Crippen molar-refractivity contribution in [2.24, 2.45) is 0 Å². The molecule has 4 rings (SSSR count). The van der Waals surface area contributed by atoms with E-state index in [0.717, 1.165) is 33.4 Å². The van der Waals surface area contributed by atoms with E-state index in [9.17, 15) is 10.2 Å². The van der Waals surface area contributed by atoms with Crippen molar-refractivity contribution in [3.8, 4) is 33.8 Å². The Morgan fingerprint density at radius 3 is 1.19 bits per heavy atom. The first-order valence-corrected chi connectivity index (χ1v) is 11.0. The molecular formula is C30H30O2. The molecule has 0 saturated carbocycles. The largest absolute Gasteiger partial charge is 0.508 e. The van der Waals surface area contributed by atoms with Crippen molar-refractivity contribution >= 4 is 0 Å². The van der Waals surface area contributed by atoms with E-state index >= 15 is 0 Å². The zero-order valence-corrected chi connectivity index (χ0v) is 19.4. The van der Waals surface area contributed by atoms with Crippen LogP contribution in [0.1, 0.15) is 46.2 Å². The molecule has 0 aromatic heterocycles. The summed E-state index contributed by atoms with van der Waals surface area (Å²) in [6, 6.07) is 24.3. The molecule has 0 aliphatic carbocycles. The molecule has 0 fully saturated rings. The number of hydrogen-bond donors (Lipinski definition) is 2. The van der Waals surface area contributed by atoms with Gasteiger partial charge in [-0.2, -0.15) is 0 Å². The highest BCUT2D eigenvalue weighted by atomic mass is 16.3. The number of benzene rings is 4. The lowest BCUT2D eigenvalue weighted by Crippen LogP contribution is -2.02. The molecule has 2 heteroatoms. The third-order valence-electron chi connectivity index (χ3n) is 6.07. The molecule has 2 N–H and O–H groups in total. The molecule has 4 aromatic rings. The highest BCUT2D eigenvalue weighted by molar-refractivity contribution is 5.75. The summed E-state index contributed by atoms with van der Waals surface area (Å²) in [5, 5.41) is 20.6. The summed E-state index contributed by atoms with van der Waals surface area (Å²) in [5.41, 5.74) is 11.3. The maximum atomic E-state index is 10.3. The van der Waals surface area contributed by atoms with Gasteiger partial charge in [-0.1, -0.05) is 77.7 Å². The predicted octanol–water partition coefficient (Wildman–Crippen LogP) is 7.82. The first kappa shape index (κ1) is 21.7. The van der Waals surface area contributed by atoms with E-state index < -0.39 is 0 Å². The third-order valence-corrected chi connectivity index (χ3v) is 6.07. The van der Waals surface area contributed by atoms with Crippen LogP contribution in [-0.4, -0.2) is 10.2 Å². The Morgan fingerprint density at radius 2 is 0.844 bits per heavy atom. The second-order valence-corrected chi connectivity index (χ2v) is 9.02. The summed E-state index contributed by atoms with van der Waals surface area (Å²) in [4.78, 5) is 0. The van der Waals surface area contributed by atoms with Crippen molar-refractivity contribution in [2.75, 3.05) is 0 Å². The standard InChI is InChI=1S/C30H30O2/c1-18-10-19(2)13-23(12-18)29-16-25(31)6-8-27(29)22(5)28-9-7-26(32)17-30(28)24-14-20(3)11-21(4)15-24/h6-17,22,31-32H,1-5H3. The van der Waals surface area contributed by atoms with Crippen LogP contribution in [0, 0.1) is 27.7 Å². The third kappa shape index (κ3) is 4.40. The van der Waals surface area contributed by atoms with Gasteiger partial charge in [-0.05, 0) is 85.3 Å². The molecule has 0 bridgehead atoms. The zero-order chi connectivity index (χ0) is 23.0. The van der Waals surface area contributed by atoms with E-state index in [1.807, 2.05) is 24.3 Å². The quantitative estimate of drug-likeness (QED) is 0.352. The number of phenolic OH excluding ortho intramolecular Hbond substituents is 2. The second-order valence-electron chi connectivity index (χ2n) is 9.02. The number of aromatic hydroxyl groups is 2. The van der Waals surface area contributed by atoms with Crippen LogP contribution in [0.15, 0.2) is 72.8 Å². The maximum Gasteiger partial charge on any atom is 0.116 e. The summed E-state index contributed by atoms with van der Waals surface area (Å²) >= 11 is 0. The van der Waals surface area contributed by atoms with Crippen LogP contribution >= 0.6 is 0 Å². The van der Waals surface area contributed by atoms with Crippen LogP contribution in [0.3, 0.4) is 0 Å². The zero-order valence-electron chi connectivity index (χ0n) is 19.4. The summed E-state index contributed by atoms with van der Waals surface area (Å²) in [6.45, 7) is 10.6. The van der Waals surface area contributed by atoms with Gasteiger partial charge in [-0.3, -0.25) is 0 Å². The minimum absolute atomic E-state index is 0.0582. The van der Waals surface area contributed by atoms with Gasteiger partial charge in [-0.25, -0.2) is 0 Å². The van der Waals surface area contributed by atoms with Crippen LogP contribution < -0.4 is 0 Å². The SMILES string of the molecule is Cc1cc(C)cc(-c2cc(O)ccc2C(C)c2ccc(O)cc2-c2cc(C)cc(C)c2)c1. The van der Waals surface area contributed by atoms with Crippen molar-refractivity contribution in [1.29, 1.82) is 0 Å². The van der Waals surface area contributed by atoms with Gasteiger partial charge in [0.2, 0.25) is 0 Å². The van der Waals surface area contributed by atoms with Crippen LogP contribution in [0.4, 0.5) is 0 Å². The minimum atomic E-state index is 0.0582. The Labute approximate surface area is 190 Å². The lowest BCUT2D eigenvalue weighted by Gasteiger charge is -2.22. The van der Waals surface area contributed by atoms with Gasteiger partial charge in [0.05, 0.1) is 0 Å². The molecule has 32 heavy (non-hydrogen) atoms. The number of phenols is 2. The molecule has 0 heterocycles. The van der Waals surface area contributed by atoms with Crippen LogP contribution in [-0.2, 0) is 0 Å². The molecular weight excluding hydrogens is 392 g/mol. The van der Waals surface area contributed by atoms with Gasteiger partial charge in [0.25, 0.3) is 0 Å². The van der Waals surface area contributed by atoms with Crippen LogP contribution in [0.25, 0.3) is 22.3 Å². The first-order chi connectivity index (χ1) is 15.2. The van der Waals surface area contributed by atoms with Crippen LogP contribution in [0.2, 0.25) is 0 Å². The van der Waals surface area contributed by atoms with E-state index in [4.69, 9.17) is 0 Å². The Bertz CT molecular complexity index is 1160. The number of aryl methyl sites for hydroxylation is 4. The fraction of sp³-hybridized carbons (Fsp3) is 0.200. The van der Waals surface area contributed by atoms with E-state index in [2.05, 4.69) is 71.0 Å². The molecule has 0 radical (unpaired) electrons. The lowest BCUT2D eigenvalue weighted by molar-refractivity contribution is 0.475. The van der Waals surface area contributed by atoms with Crippen molar-refractivity contribution in [2.45, 2.75) is 40.5 Å². The Kier molecular flexibility index (Phi) is 5.80. The van der Waals surface area contributed by atoms with E-state index in [-0.39, 0.29) is 17.4 Å². The van der Waals surface area contributed by atoms with Crippen molar-refractivity contribution in [1.82, 2.24) is 0 Å². The lowest BCUT2D eigenvalue weighted by atomic mass is 9.82. The molecule has 0 amide bonds. The highest BCUT2D eigenvalue weighted by Gasteiger charge is 2.19. The topological polar surface area (TPSA) is 40.5 Å². The number of rotatable bonds is 4. The second kappa shape index (κ2) is 8.55. The number of hydrogen-bond acceptors (Lipinski definition) is 2. The molecule has 162 valence electrons. The van der Waals surface area contributed by atoms with Crippen molar-refractivity contribution in [3.05, 3.63) is 106 Å². The normalized spacial score (nSPS) is 11.2. The smallest absolute Gasteiger partial charge is 0.116 e. The minimum Gasteiger partial charge on any atom is -0.508 e. The van der Waals surface area contributed by atoms with Crippen LogP contribution in [0.5, 0.6) is 11.5 Å². The van der Waals surface area contributed by atoms with Gasteiger partial charge < -0.3 is 10.2 Å². The molecule has 0 aliphatic heterocycles. The van der Waals surface area contributed by atoms with E-state index in [0.29, 0.717) is 0 Å². The van der Waals surface area contributed by atoms with E-state index in [1.54, 1.807) is 12.1 Å². The summed E-state index contributed by atoms with van der Waals surface area (Å²) in [6.07, 6.45) is 0. The van der Waals surface area contributed by atoms with Gasteiger partial charge in [-0.15, -0.1) is 0 Å². The predicted molar refractivity (Wildman–Crippen MR) is 134 cm³/mol. The molecule has 4 aromatic carbocycles. The Hall–Kier alpha value is -3.52. The van der Waals surface area contributed by atoms with Gasteiger partial charge >= 0.3 is 0 Å². The molecule has 0 saturated heterocycles. The molecule has 0 unspecified atom stereocenters. The average molecular weight is 423 g/mol. The first-order valence-electron chi connectivity index (χ1n) is 11.0. The van der Waals surface area contributed by atoms with Gasteiger partial charge in [0.1, 0.15) is 11.5 Å². The van der Waals surface area contributed by atoms with E-state index in [1.165, 1.54) is 22.3 Å². The maximum absolute atomic E-state index is 10.3. The van der Waals surface area contributed by atoms with Gasteiger partial charge in [0.15, 0.2) is 0 Å². The fourth-order valence-electron chi connectivity index (χ4n) is 4.77. The Balaban J connectivity index is 1.91. The highest BCUT2D eigenvalue weighted by Crippen LogP contribution is 2.40. The summed E-state index contributed by atoms with van der Waals surface area (Å²) in [5.74, 6) is 0.577. The molecule has 0 aliphatic rings. The monoisotopic (exact) mass is 422 g/mol. The summed E-state index contributed by atoms with van der Waals surface area (Å²) in [7, 11) is 0. The van der Waals surface area contributed by atoms with Crippen molar-refractivity contribution in [3.63, 3.8) is 0 Å². The Morgan fingerprint density at radius 1 is 0.500 bits per heavy atom. The molecule has 0 spiro atoms. The molecule has 0 atom stereocenters. The fourth-order valence-corrected chi connectivity index (χ4v) is 4.77. The average Bonchev–Trinajstić information content (AvgIpc) is 2.72. The summed E-state index contributed by atoms with van der Waals surface area (Å²) < 4.78 is 0. The molecule has 2 nitrogen and oxygen atoms in total. The van der Waals surface area contributed by atoms with Gasteiger partial charge in [0, 0.05) is 5.92 Å². The van der Waals surface area contributed by atoms with Crippen molar-refractivity contribution < 1.29 is 10.2 Å².